The summed E-state index contributed by atoms with van der Waals surface area (Å²) in [6, 6.07) is 3.10. The van der Waals surface area contributed by atoms with Crippen LogP contribution in [-0.2, 0) is 14.4 Å². The quantitative estimate of drug-likeness (QED) is 0.607. The zero-order valence-corrected chi connectivity index (χ0v) is 11.3. The van der Waals surface area contributed by atoms with E-state index in [4.69, 9.17) is 0 Å². The zero-order chi connectivity index (χ0) is 15.6. The molecule has 1 unspecified atom stereocenters. The number of rotatable bonds is 3. The van der Waals surface area contributed by atoms with Gasteiger partial charge in [-0.2, -0.15) is 0 Å². The maximum absolute atomic E-state index is 12.4. The number of hydrogen-bond donors (Lipinski definition) is 2. The molecule has 110 valence electrons. The minimum absolute atomic E-state index is 0.00251. The normalized spacial score (nSPS) is 18.0. The van der Waals surface area contributed by atoms with Crippen LogP contribution in [0.25, 0.3) is 0 Å². The molecule has 0 aromatic heterocycles. The van der Waals surface area contributed by atoms with Gasteiger partial charge in [0.25, 0.3) is 5.91 Å². The zero-order valence-electron chi connectivity index (χ0n) is 11.3. The molecule has 1 aromatic rings. The second-order valence-corrected chi connectivity index (χ2v) is 4.78. The highest BCUT2D eigenvalue weighted by molar-refractivity contribution is 6.07. The highest BCUT2D eigenvalue weighted by Crippen LogP contribution is 2.20. The van der Waals surface area contributed by atoms with Crippen molar-refractivity contribution in [2.24, 2.45) is 0 Å². The predicted octanol–water partition coefficient (Wildman–Crippen LogP) is 0.104. The summed E-state index contributed by atoms with van der Waals surface area (Å²) in [6.07, 6.45) is 0.462. The molecule has 7 heteroatoms. The molecule has 1 atom stereocenters. The Morgan fingerprint density at radius 1 is 1.43 bits per heavy atom. The second-order valence-electron chi connectivity index (χ2n) is 4.78. The van der Waals surface area contributed by atoms with Crippen molar-refractivity contribution in [3.8, 4) is 5.75 Å². The van der Waals surface area contributed by atoms with Gasteiger partial charge in [-0.25, -0.2) is 0 Å². The van der Waals surface area contributed by atoms with E-state index in [0.29, 0.717) is 5.56 Å². The van der Waals surface area contributed by atoms with Gasteiger partial charge in [-0.3, -0.25) is 29.4 Å². The molecule has 0 spiro atoms. The van der Waals surface area contributed by atoms with Gasteiger partial charge in [-0.15, -0.1) is 0 Å². The lowest BCUT2D eigenvalue weighted by Gasteiger charge is -2.28. The maximum Gasteiger partial charge on any atom is 0.261 e. The summed E-state index contributed by atoms with van der Waals surface area (Å²) in [5.41, 5.74) is 0.698. The molecule has 1 aromatic carbocycles. The van der Waals surface area contributed by atoms with Crippen LogP contribution in [0.2, 0.25) is 0 Å². The fraction of sp³-hybridized carbons (Fsp3) is 0.286. The first kappa shape index (κ1) is 14.7. The van der Waals surface area contributed by atoms with Gasteiger partial charge in [-0.05, 0) is 37.1 Å². The third kappa shape index (κ3) is 2.91. The molecule has 7 nitrogen and oxygen atoms in total. The summed E-state index contributed by atoms with van der Waals surface area (Å²) in [7, 11) is 0. The average Bonchev–Trinajstić information content (AvgIpc) is 2.41. The van der Waals surface area contributed by atoms with Gasteiger partial charge in [0.1, 0.15) is 11.8 Å². The summed E-state index contributed by atoms with van der Waals surface area (Å²) < 4.78 is 0. The van der Waals surface area contributed by atoms with Crippen LogP contribution in [0.3, 0.4) is 0 Å². The number of carbonyl (C=O) groups is 4. The van der Waals surface area contributed by atoms with E-state index in [2.05, 4.69) is 5.32 Å². The lowest BCUT2D eigenvalue weighted by molar-refractivity contribution is -0.139. The number of nitrogens with one attached hydrogen (secondary N) is 1. The van der Waals surface area contributed by atoms with Crippen molar-refractivity contribution >= 4 is 24.1 Å². The van der Waals surface area contributed by atoms with Crippen molar-refractivity contribution < 1.29 is 24.3 Å². The van der Waals surface area contributed by atoms with E-state index < -0.39 is 23.8 Å². The first-order chi connectivity index (χ1) is 9.93. The van der Waals surface area contributed by atoms with Crippen molar-refractivity contribution in [1.82, 2.24) is 10.2 Å². The summed E-state index contributed by atoms with van der Waals surface area (Å²) in [6.45, 7) is 1.61. The molecule has 21 heavy (non-hydrogen) atoms. The minimum Gasteiger partial charge on any atom is -0.508 e. The molecule has 1 aliphatic heterocycles. The molecular weight excluding hydrogens is 276 g/mol. The number of carbonyl (C=O) groups excluding carboxylic acids is 4. The van der Waals surface area contributed by atoms with Gasteiger partial charge in [-0.1, -0.05) is 0 Å². The maximum atomic E-state index is 12.4. The number of phenolic OH excluding ortho intramolecular Hbond substituents is 1. The molecule has 0 radical (unpaired) electrons. The van der Waals surface area contributed by atoms with Crippen molar-refractivity contribution in [1.29, 1.82) is 0 Å². The van der Waals surface area contributed by atoms with Crippen LogP contribution in [0.5, 0.6) is 5.75 Å². The molecule has 1 fully saturated rings. The number of aryl methyl sites for hydroxylation is 1. The average molecular weight is 290 g/mol. The number of hydrogen-bond acceptors (Lipinski definition) is 5. The number of imide groups is 2. The van der Waals surface area contributed by atoms with E-state index in [-0.39, 0.29) is 30.6 Å². The summed E-state index contributed by atoms with van der Waals surface area (Å²) in [5, 5.41) is 11.4. The highest BCUT2D eigenvalue weighted by atomic mass is 16.3. The first-order valence-electron chi connectivity index (χ1n) is 6.35. The van der Waals surface area contributed by atoms with E-state index in [1.165, 1.54) is 18.2 Å². The molecule has 1 aliphatic rings. The lowest BCUT2D eigenvalue weighted by atomic mass is 10.0. The van der Waals surface area contributed by atoms with Crippen LogP contribution in [0.1, 0.15) is 28.8 Å². The third-order valence-electron chi connectivity index (χ3n) is 3.33. The minimum atomic E-state index is -0.999. The Kier molecular flexibility index (Phi) is 4.02. The number of piperidine rings is 1. The Hall–Kier alpha value is -2.70. The lowest BCUT2D eigenvalue weighted by Crippen LogP contribution is -2.53. The van der Waals surface area contributed by atoms with Crippen LogP contribution < -0.4 is 5.32 Å². The number of benzene rings is 1. The second kappa shape index (κ2) is 5.74. The number of amides is 4. The molecule has 1 heterocycles. The van der Waals surface area contributed by atoms with Gasteiger partial charge in [0.05, 0.1) is 0 Å². The smallest absolute Gasteiger partial charge is 0.261 e. The Morgan fingerprint density at radius 2 is 2.14 bits per heavy atom. The van der Waals surface area contributed by atoms with Crippen LogP contribution in [0, 0.1) is 6.92 Å². The van der Waals surface area contributed by atoms with Crippen LogP contribution in [0.15, 0.2) is 18.2 Å². The molecule has 0 bridgehead atoms. The Bertz CT molecular complexity index is 626. The standard InChI is InChI=1S/C14H14N2O5/c1-8-6-9(18)2-3-10(8)14(21)16(7-17)11-4-5-12(19)15-13(11)20/h2-3,6-7,11,18H,4-5H2,1H3,(H,15,19,20). The fourth-order valence-electron chi connectivity index (χ4n) is 2.24. The Balaban J connectivity index is 2.28. The van der Waals surface area contributed by atoms with Crippen molar-refractivity contribution in [2.45, 2.75) is 25.8 Å². The number of nitrogens with zero attached hydrogens (tertiary/aromatic N) is 1. The van der Waals surface area contributed by atoms with Crippen molar-refractivity contribution in [3.63, 3.8) is 0 Å². The van der Waals surface area contributed by atoms with E-state index in [1.807, 2.05) is 0 Å². The Labute approximate surface area is 120 Å². The van der Waals surface area contributed by atoms with Gasteiger partial charge in [0.15, 0.2) is 0 Å². The predicted molar refractivity (Wildman–Crippen MR) is 71.2 cm³/mol. The van der Waals surface area contributed by atoms with Gasteiger partial charge in [0.2, 0.25) is 18.2 Å². The molecule has 0 aliphatic carbocycles. The highest BCUT2D eigenvalue weighted by Gasteiger charge is 2.35. The Morgan fingerprint density at radius 3 is 2.71 bits per heavy atom. The molecule has 2 N–H and O–H groups in total. The van der Waals surface area contributed by atoms with E-state index in [0.717, 1.165) is 4.90 Å². The summed E-state index contributed by atoms with van der Waals surface area (Å²) in [5.74, 6) is -1.72. The fourth-order valence-corrected chi connectivity index (χ4v) is 2.24. The van der Waals surface area contributed by atoms with Gasteiger partial charge in [0, 0.05) is 12.0 Å². The third-order valence-corrected chi connectivity index (χ3v) is 3.33. The van der Waals surface area contributed by atoms with E-state index in [9.17, 15) is 24.3 Å². The monoisotopic (exact) mass is 290 g/mol. The van der Waals surface area contributed by atoms with Crippen LogP contribution in [0.4, 0.5) is 0 Å². The molecule has 4 amide bonds. The topological polar surface area (TPSA) is 104 Å². The van der Waals surface area contributed by atoms with Crippen molar-refractivity contribution in [3.05, 3.63) is 29.3 Å². The summed E-state index contributed by atoms with van der Waals surface area (Å²) >= 11 is 0. The van der Waals surface area contributed by atoms with Gasteiger partial charge >= 0.3 is 0 Å². The van der Waals surface area contributed by atoms with Crippen LogP contribution in [-0.4, -0.2) is 40.2 Å². The molecule has 0 saturated carbocycles. The number of phenols is 1. The SMILES string of the molecule is Cc1cc(O)ccc1C(=O)N(C=O)C1CCC(=O)NC1=O. The summed E-state index contributed by atoms with van der Waals surface area (Å²) in [4.78, 5) is 47.2. The number of aromatic hydroxyl groups is 1. The largest absolute Gasteiger partial charge is 0.508 e. The van der Waals surface area contributed by atoms with E-state index in [1.54, 1.807) is 6.92 Å². The van der Waals surface area contributed by atoms with Crippen molar-refractivity contribution in [2.75, 3.05) is 0 Å². The van der Waals surface area contributed by atoms with Gasteiger partial charge < -0.3 is 5.11 Å². The molecule has 2 rings (SSSR count). The van der Waals surface area contributed by atoms with E-state index >= 15 is 0 Å². The molecule has 1 saturated heterocycles. The molecular formula is C14H14N2O5. The first-order valence-corrected chi connectivity index (χ1v) is 6.35. The van der Waals surface area contributed by atoms with Crippen LogP contribution >= 0.6 is 0 Å².